The Morgan fingerprint density at radius 2 is 1.81 bits per heavy atom. The number of benzene rings is 1. The summed E-state index contributed by atoms with van der Waals surface area (Å²) in [6, 6.07) is 7.12. The molecule has 0 radical (unpaired) electrons. The fraction of sp³-hybridized carbons (Fsp3) is 0.385. The molecule has 0 saturated carbocycles. The van der Waals surface area contributed by atoms with Gasteiger partial charge in [0.15, 0.2) is 9.84 Å². The highest BCUT2D eigenvalue weighted by molar-refractivity contribution is 7.92. The molecule has 3 heteroatoms. The molecule has 0 aliphatic heterocycles. The maximum atomic E-state index is 11.8. The van der Waals surface area contributed by atoms with Gasteiger partial charge in [-0.3, -0.25) is 0 Å². The van der Waals surface area contributed by atoms with Crippen molar-refractivity contribution in [1.82, 2.24) is 0 Å². The van der Waals surface area contributed by atoms with E-state index in [-0.39, 0.29) is 5.25 Å². The van der Waals surface area contributed by atoms with E-state index in [4.69, 9.17) is 0 Å². The van der Waals surface area contributed by atoms with Crippen LogP contribution in [0.1, 0.15) is 25.8 Å². The molecule has 0 aliphatic rings. The van der Waals surface area contributed by atoms with Crippen molar-refractivity contribution >= 4 is 9.84 Å². The molecule has 0 spiro atoms. The first kappa shape index (κ1) is 13.0. The summed E-state index contributed by atoms with van der Waals surface area (Å²) in [5.41, 5.74) is 1.14. The van der Waals surface area contributed by atoms with E-state index in [9.17, 15) is 8.42 Å². The number of hydrogen-bond donors (Lipinski definition) is 0. The lowest BCUT2D eigenvalue weighted by Gasteiger charge is -2.08. The van der Waals surface area contributed by atoms with E-state index in [1.165, 1.54) is 0 Å². The van der Waals surface area contributed by atoms with Crippen molar-refractivity contribution in [1.29, 1.82) is 0 Å². The summed E-state index contributed by atoms with van der Waals surface area (Å²) in [6.45, 7) is 7.05. The SMILES string of the molecule is C=CCCc1ccc(S(=O)(=O)C(C)C)cc1. The van der Waals surface area contributed by atoms with Gasteiger partial charge >= 0.3 is 0 Å². The van der Waals surface area contributed by atoms with Gasteiger partial charge in [-0.05, 0) is 44.4 Å². The monoisotopic (exact) mass is 238 g/mol. The van der Waals surface area contributed by atoms with Crippen molar-refractivity contribution in [3.05, 3.63) is 42.5 Å². The summed E-state index contributed by atoms with van der Waals surface area (Å²) in [5, 5.41) is -0.369. The van der Waals surface area contributed by atoms with Gasteiger partial charge in [0.05, 0.1) is 10.1 Å². The van der Waals surface area contributed by atoms with Crippen LogP contribution in [0, 0.1) is 0 Å². The third-order valence-corrected chi connectivity index (χ3v) is 4.68. The van der Waals surface area contributed by atoms with Gasteiger partial charge in [0.2, 0.25) is 0 Å². The molecule has 0 N–H and O–H groups in total. The second-order valence-electron chi connectivity index (χ2n) is 4.07. The first-order chi connectivity index (χ1) is 7.48. The third kappa shape index (κ3) is 2.95. The van der Waals surface area contributed by atoms with E-state index in [0.717, 1.165) is 18.4 Å². The predicted molar refractivity (Wildman–Crippen MR) is 67.3 cm³/mol. The number of aryl methyl sites for hydroxylation is 1. The molecule has 1 aromatic rings. The Balaban J connectivity index is 2.91. The molecule has 1 rings (SSSR count). The molecule has 0 unspecified atom stereocenters. The molecule has 0 bridgehead atoms. The fourth-order valence-electron chi connectivity index (χ4n) is 1.39. The average Bonchev–Trinajstić information content (AvgIpc) is 2.26. The van der Waals surface area contributed by atoms with Crippen LogP contribution in [0.25, 0.3) is 0 Å². The molecule has 0 atom stereocenters. The minimum Gasteiger partial charge on any atom is -0.223 e. The van der Waals surface area contributed by atoms with Gasteiger partial charge in [0.25, 0.3) is 0 Å². The van der Waals surface area contributed by atoms with Gasteiger partial charge in [-0.2, -0.15) is 0 Å². The van der Waals surface area contributed by atoms with Crippen LogP contribution in [0.4, 0.5) is 0 Å². The smallest absolute Gasteiger partial charge is 0.180 e. The lowest BCUT2D eigenvalue weighted by atomic mass is 10.1. The Bertz CT molecular complexity index is 441. The van der Waals surface area contributed by atoms with Gasteiger partial charge in [-0.15, -0.1) is 6.58 Å². The van der Waals surface area contributed by atoms with Crippen molar-refractivity contribution in [3.63, 3.8) is 0 Å². The van der Waals surface area contributed by atoms with Crippen LogP contribution in [-0.2, 0) is 16.3 Å². The topological polar surface area (TPSA) is 34.1 Å². The first-order valence-corrected chi connectivity index (χ1v) is 6.97. The standard InChI is InChI=1S/C13H18O2S/c1-4-5-6-12-7-9-13(10-8-12)16(14,15)11(2)3/h4,7-11H,1,5-6H2,2-3H3. The minimum absolute atomic E-state index is 0.369. The fourth-order valence-corrected chi connectivity index (χ4v) is 2.45. The number of hydrogen-bond acceptors (Lipinski definition) is 2. The van der Waals surface area contributed by atoms with E-state index in [2.05, 4.69) is 6.58 Å². The molecule has 0 aliphatic carbocycles. The van der Waals surface area contributed by atoms with E-state index in [1.54, 1.807) is 26.0 Å². The molecule has 2 nitrogen and oxygen atoms in total. The predicted octanol–water partition coefficient (Wildman–Crippen LogP) is 2.99. The number of allylic oxidation sites excluding steroid dienone is 1. The van der Waals surface area contributed by atoms with Gasteiger partial charge in [0, 0.05) is 0 Å². The molecule has 0 amide bonds. The quantitative estimate of drug-likeness (QED) is 0.739. The Morgan fingerprint density at radius 3 is 2.25 bits per heavy atom. The van der Waals surface area contributed by atoms with Gasteiger partial charge in [0.1, 0.15) is 0 Å². The highest BCUT2D eigenvalue weighted by Crippen LogP contribution is 2.17. The zero-order chi connectivity index (χ0) is 12.2. The Morgan fingerprint density at radius 1 is 1.25 bits per heavy atom. The number of sulfone groups is 1. The van der Waals surface area contributed by atoms with Crippen LogP contribution in [-0.4, -0.2) is 13.7 Å². The lowest BCUT2D eigenvalue weighted by molar-refractivity contribution is 0.587. The van der Waals surface area contributed by atoms with Gasteiger partial charge in [-0.1, -0.05) is 18.2 Å². The molecule has 0 aromatic heterocycles. The number of rotatable bonds is 5. The molecule has 88 valence electrons. The van der Waals surface area contributed by atoms with Crippen molar-refractivity contribution in [2.45, 2.75) is 36.8 Å². The molecule has 1 aromatic carbocycles. The van der Waals surface area contributed by atoms with Crippen LogP contribution in [0.3, 0.4) is 0 Å². The Kier molecular flexibility index (Phi) is 4.30. The maximum Gasteiger partial charge on any atom is 0.180 e. The molecule has 0 saturated heterocycles. The van der Waals surface area contributed by atoms with Crippen molar-refractivity contribution in [3.8, 4) is 0 Å². The third-order valence-electron chi connectivity index (χ3n) is 2.51. The summed E-state index contributed by atoms with van der Waals surface area (Å²) in [5.74, 6) is 0. The largest absolute Gasteiger partial charge is 0.223 e. The Labute approximate surface area is 97.9 Å². The van der Waals surface area contributed by atoms with Crippen LogP contribution < -0.4 is 0 Å². The molecular formula is C13H18O2S. The second-order valence-corrected chi connectivity index (χ2v) is 6.57. The van der Waals surface area contributed by atoms with E-state index in [1.807, 2.05) is 18.2 Å². The van der Waals surface area contributed by atoms with Crippen molar-refractivity contribution in [2.24, 2.45) is 0 Å². The highest BCUT2D eigenvalue weighted by Gasteiger charge is 2.18. The van der Waals surface area contributed by atoms with Crippen LogP contribution >= 0.6 is 0 Å². The second kappa shape index (κ2) is 5.30. The van der Waals surface area contributed by atoms with E-state index in [0.29, 0.717) is 4.90 Å². The minimum atomic E-state index is -3.13. The van der Waals surface area contributed by atoms with E-state index < -0.39 is 9.84 Å². The average molecular weight is 238 g/mol. The summed E-state index contributed by atoms with van der Waals surface area (Å²) in [6.07, 6.45) is 3.68. The molecule has 16 heavy (non-hydrogen) atoms. The molecule has 0 heterocycles. The molecular weight excluding hydrogens is 220 g/mol. The van der Waals surface area contributed by atoms with Crippen LogP contribution in [0.15, 0.2) is 41.8 Å². The maximum absolute atomic E-state index is 11.8. The van der Waals surface area contributed by atoms with Crippen molar-refractivity contribution < 1.29 is 8.42 Å². The van der Waals surface area contributed by atoms with Gasteiger partial charge < -0.3 is 0 Å². The summed E-state index contributed by atoms with van der Waals surface area (Å²) in [4.78, 5) is 0.407. The summed E-state index contributed by atoms with van der Waals surface area (Å²) >= 11 is 0. The normalized spacial score (nSPS) is 11.7. The summed E-state index contributed by atoms with van der Waals surface area (Å²) < 4.78 is 23.7. The van der Waals surface area contributed by atoms with Gasteiger partial charge in [-0.25, -0.2) is 8.42 Å². The zero-order valence-corrected chi connectivity index (χ0v) is 10.6. The highest BCUT2D eigenvalue weighted by atomic mass is 32.2. The van der Waals surface area contributed by atoms with Crippen LogP contribution in [0.5, 0.6) is 0 Å². The van der Waals surface area contributed by atoms with Crippen LogP contribution in [0.2, 0.25) is 0 Å². The van der Waals surface area contributed by atoms with Crippen molar-refractivity contribution in [2.75, 3.05) is 0 Å². The Hall–Kier alpha value is -1.09. The zero-order valence-electron chi connectivity index (χ0n) is 9.81. The summed E-state index contributed by atoms with van der Waals surface area (Å²) in [7, 11) is -3.13. The molecule has 0 fully saturated rings. The first-order valence-electron chi connectivity index (χ1n) is 5.42. The lowest BCUT2D eigenvalue weighted by Crippen LogP contribution is -2.13. The van der Waals surface area contributed by atoms with E-state index >= 15 is 0 Å².